The molecule has 5 heteroatoms. The van der Waals surface area contributed by atoms with Gasteiger partial charge in [-0.05, 0) is 75.0 Å². The quantitative estimate of drug-likeness (QED) is 0.512. The lowest BCUT2D eigenvalue weighted by Gasteiger charge is -2.13. The number of aromatic nitrogens is 1. The molecule has 0 saturated heterocycles. The Labute approximate surface area is 154 Å². The number of hydrogen-bond acceptors (Lipinski definition) is 5. The number of benzene rings is 1. The fourth-order valence-electron chi connectivity index (χ4n) is 2.04. The standard InChI is InChI=1S/C20H26N2O2S/c1-15(22-25-20(2,3)4)17-10-11-21-18(12-17)14-24-13-16-6-8-19(23-5)9-7-16/h6-12H,13-14H2,1-5H3/b22-15+. The van der Waals surface area contributed by atoms with Gasteiger partial charge in [0.1, 0.15) is 5.75 Å². The van der Waals surface area contributed by atoms with E-state index in [1.54, 1.807) is 19.1 Å². The van der Waals surface area contributed by atoms with Crippen molar-refractivity contribution < 1.29 is 9.47 Å². The highest BCUT2D eigenvalue weighted by Gasteiger charge is 2.10. The molecule has 4 nitrogen and oxygen atoms in total. The number of nitrogens with zero attached hydrogens (tertiary/aromatic N) is 2. The number of rotatable bonds is 7. The van der Waals surface area contributed by atoms with Crippen molar-refractivity contribution >= 4 is 17.7 Å². The summed E-state index contributed by atoms with van der Waals surface area (Å²) in [4.78, 5) is 4.38. The highest BCUT2D eigenvalue weighted by Crippen LogP contribution is 2.25. The smallest absolute Gasteiger partial charge is 0.118 e. The Morgan fingerprint density at radius 2 is 1.84 bits per heavy atom. The van der Waals surface area contributed by atoms with Crippen LogP contribution >= 0.6 is 11.9 Å². The zero-order valence-corrected chi connectivity index (χ0v) is 16.4. The molecule has 0 amide bonds. The van der Waals surface area contributed by atoms with Crippen LogP contribution in [0, 0.1) is 0 Å². The van der Waals surface area contributed by atoms with Crippen molar-refractivity contribution in [3.63, 3.8) is 0 Å². The summed E-state index contributed by atoms with van der Waals surface area (Å²) in [5.74, 6) is 0.848. The van der Waals surface area contributed by atoms with Crippen LogP contribution in [0.3, 0.4) is 0 Å². The molecule has 0 N–H and O–H groups in total. The minimum atomic E-state index is 0.110. The second kappa shape index (κ2) is 9.02. The summed E-state index contributed by atoms with van der Waals surface area (Å²) in [7, 11) is 1.66. The van der Waals surface area contributed by atoms with Crippen LogP contribution in [-0.2, 0) is 18.0 Å². The lowest BCUT2D eigenvalue weighted by Crippen LogP contribution is -2.06. The molecule has 134 valence electrons. The van der Waals surface area contributed by atoms with Gasteiger partial charge in [-0.25, -0.2) is 4.40 Å². The third kappa shape index (κ3) is 6.88. The molecule has 0 fully saturated rings. The van der Waals surface area contributed by atoms with Gasteiger partial charge in [0.05, 0.1) is 31.7 Å². The molecule has 1 heterocycles. The summed E-state index contributed by atoms with van der Waals surface area (Å²) < 4.78 is 15.6. The lowest BCUT2D eigenvalue weighted by molar-refractivity contribution is 0.104. The lowest BCUT2D eigenvalue weighted by atomic mass is 10.1. The largest absolute Gasteiger partial charge is 0.497 e. The zero-order valence-electron chi connectivity index (χ0n) is 15.6. The Bertz CT molecular complexity index is 706. The minimum Gasteiger partial charge on any atom is -0.497 e. The third-order valence-electron chi connectivity index (χ3n) is 3.37. The van der Waals surface area contributed by atoms with Crippen molar-refractivity contribution in [1.29, 1.82) is 0 Å². The van der Waals surface area contributed by atoms with E-state index >= 15 is 0 Å². The Hall–Kier alpha value is -1.85. The topological polar surface area (TPSA) is 43.7 Å². The summed E-state index contributed by atoms with van der Waals surface area (Å²) in [5, 5.41) is 0. The molecular formula is C20H26N2O2S. The maximum atomic E-state index is 5.78. The number of pyridine rings is 1. The first-order valence-corrected chi connectivity index (χ1v) is 9.03. The second-order valence-corrected chi connectivity index (χ2v) is 8.35. The van der Waals surface area contributed by atoms with Gasteiger partial charge >= 0.3 is 0 Å². The molecule has 0 bridgehead atoms. The van der Waals surface area contributed by atoms with Crippen LogP contribution in [0.4, 0.5) is 0 Å². The van der Waals surface area contributed by atoms with E-state index in [1.165, 1.54) is 0 Å². The monoisotopic (exact) mass is 358 g/mol. The second-order valence-electron chi connectivity index (χ2n) is 6.76. The van der Waals surface area contributed by atoms with E-state index in [9.17, 15) is 0 Å². The van der Waals surface area contributed by atoms with E-state index < -0.39 is 0 Å². The highest BCUT2D eigenvalue weighted by atomic mass is 32.2. The van der Waals surface area contributed by atoms with Gasteiger partial charge in [-0.1, -0.05) is 12.1 Å². The van der Waals surface area contributed by atoms with Crippen molar-refractivity contribution in [2.45, 2.75) is 45.7 Å². The van der Waals surface area contributed by atoms with Gasteiger partial charge in [0.25, 0.3) is 0 Å². The molecule has 1 aromatic carbocycles. The van der Waals surface area contributed by atoms with Gasteiger partial charge in [0, 0.05) is 10.9 Å². The Balaban J connectivity index is 1.92. The van der Waals surface area contributed by atoms with Crippen molar-refractivity contribution in [2.24, 2.45) is 4.40 Å². The normalized spacial score (nSPS) is 12.3. The summed E-state index contributed by atoms with van der Waals surface area (Å²) >= 11 is 1.59. The van der Waals surface area contributed by atoms with Gasteiger partial charge in [0.15, 0.2) is 0 Å². The van der Waals surface area contributed by atoms with Gasteiger partial charge in [-0.15, -0.1) is 0 Å². The maximum Gasteiger partial charge on any atom is 0.118 e. The maximum absolute atomic E-state index is 5.78. The third-order valence-corrected chi connectivity index (χ3v) is 4.28. The first-order chi connectivity index (χ1) is 11.9. The molecule has 2 aromatic rings. The zero-order chi connectivity index (χ0) is 18.3. The molecule has 0 aliphatic heterocycles. The van der Waals surface area contributed by atoms with Gasteiger partial charge in [-0.3, -0.25) is 4.98 Å². The van der Waals surface area contributed by atoms with Crippen molar-refractivity contribution in [1.82, 2.24) is 4.98 Å². The molecule has 1 aromatic heterocycles. The SMILES string of the molecule is COc1ccc(COCc2cc(/C(C)=N/SC(C)(C)C)ccn2)cc1. The van der Waals surface area contributed by atoms with Gasteiger partial charge in [0.2, 0.25) is 0 Å². The van der Waals surface area contributed by atoms with Crippen LogP contribution < -0.4 is 4.74 Å². The minimum absolute atomic E-state index is 0.110. The molecule has 2 rings (SSSR count). The summed E-state index contributed by atoms with van der Waals surface area (Å²) in [6.45, 7) is 9.50. The molecule has 0 radical (unpaired) electrons. The molecule has 0 spiro atoms. The predicted molar refractivity (Wildman–Crippen MR) is 105 cm³/mol. The average Bonchev–Trinajstić information content (AvgIpc) is 2.60. The highest BCUT2D eigenvalue weighted by molar-refractivity contribution is 7.99. The van der Waals surface area contributed by atoms with Gasteiger partial charge in [-0.2, -0.15) is 0 Å². The van der Waals surface area contributed by atoms with Crippen LogP contribution in [0.15, 0.2) is 47.0 Å². The van der Waals surface area contributed by atoms with Crippen LogP contribution in [0.5, 0.6) is 5.75 Å². The first kappa shape index (κ1) is 19.5. The van der Waals surface area contributed by atoms with Crippen LogP contribution in [-0.4, -0.2) is 22.6 Å². The molecule has 0 atom stereocenters. The van der Waals surface area contributed by atoms with E-state index in [0.29, 0.717) is 13.2 Å². The van der Waals surface area contributed by atoms with E-state index in [4.69, 9.17) is 9.47 Å². The van der Waals surface area contributed by atoms with E-state index in [1.807, 2.05) is 49.5 Å². The van der Waals surface area contributed by atoms with Crippen molar-refractivity contribution in [3.05, 3.63) is 59.4 Å². The molecule has 0 aliphatic rings. The van der Waals surface area contributed by atoms with Crippen LogP contribution in [0.1, 0.15) is 44.5 Å². The molecular weight excluding hydrogens is 332 g/mol. The number of methoxy groups -OCH3 is 1. The van der Waals surface area contributed by atoms with E-state index in [0.717, 1.165) is 28.3 Å². The van der Waals surface area contributed by atoms with Crippen LogP contribution in [0.2, 0.25) is 0 Å². The van der Waals surface area contributed by atoms with E-state index in [-0.39, 0.29) is 4.75 Å². The average molecular weight is 359 g/mol. The summed E-state index contributed by atoms with van der Waals surface area (Å²) in [6.07, 6.45) is 1.81. The Kier molecular flexibility index (Phi) is 7.02. The molecule has 0 aliphatic carbocycles. The summed E-state index contributed by atoms with van der Waals surface area (Å²) in [6, 6.07) is 11.9. The Morgan fingerprint density at radius 1 is 1.12 bits per heavy atom. The summed E-state index contributed by atoms with van der Waals surface area (Å²) in [5.41, 5.74) is 4.09. The fraction of sp³-hybridized carbons (Fsp3) is 0.400. The van der Waals surface area contributed by atoms with Crippen molar-refractivity contribution in [2.75, 3.05) is 7.11 Å². The van der Waals surface area contributed by atoms with E-state index in [2.05, 4.69) is 30.2 Å². The van der Waals surface area contributed by atoms with Crippen molar-refractivity contribution in [3.8, 4) is 5.75 Å². The molecule has 0 unspecified atom stereocenters. The number of ether oxygens (including phenoxy) is 2. The van der Waals surface area contributed by atoms with Gasteiger partial charge < -0.3 is 9.47 Å². The first-order valence-electron chi connectivity index (χ1n) is 8.26. The predicted octanol–water partition coefficient (Wildman–Crippen LogP) is 5.06. The fourth-order valence-corrected chi connectivity index (χ4v) is 2.55. The molecule has 25 heavy (non-hydrogen) atoms. The number of hydrogen-bond donors (Lipinski definition) is 0. The molecule has 0 saturated carbocycles. The Morgan fingerprint density at radius 3 is 2.48 bits per heavy atom. The van der Waals surface area contributed by atoms with Crippen LogP contribution in [0.25, 0.3) is 0 Å².